The quantitative estimate of drug-likeness (QED) is 0.200. The topological polar surface area (TPSA) is 73.0 Å². The molecule has 2 aliphatic rings. The Kier molecular flexibility index (Phi) is 6.37. The Balaban J connectivity index is 1.62. The van der Waals surface area contributed by atoms with Crippen LogP contribution in [0.25, 0.3) is 0 Å². The van der Waals surface area contributed by atoms with E-state index in [-0.39, 0.29) is 34.9 Å². The number of rotatable bonds is 10. The summed E-state index contributed by atoms with van der Waals surface area (Å²) in [6.07, 6.45) is 3.92. The zero-order chi connectivity index (χ0) is 19.4. The number of epoxide rings is 1. The van der Waals surface area contributed by atoms with E-state index < -0.39 is 5.92 Å². The molecule has 3 rings (SSSR count). The molecule has 27 heavy (non-hydrogen) atoms. The molecular formula is C21H26O5S. The third-order valence-electron chi connectivity index (χ3n) is 5.62. The van der Waals surface area contributed by atoms with Crippen molar-refractivity contribution in [3.8, 4) is 0 Å². The van der Waals surface area contributed by atoms with Gasteiger partial charge in [0.15, 0.2) is 0 Å². The van der Waals surface area contributed by atoms with Crippen LogP contribution in [-0.2, 0) is 23.9 Å². The Hall–Kier alpha value is -1.66. The van der Waals surface area contributed by atoms with Gasteiger partial charge in [0.1, 0.15) is 24.8 Å². The summed E-state index contributed by atoms with van der Waals surface area (Å²) in [5, 5.41) is -0.142. The van der Waals surface area contributed by atoms with Crippen LogP contribution in [0.2, 0.25) is 0 Å². The number of thioether (sulfide) groups is 1. The molecule has 2 saturated heterocycles. The number of carbonyl (C=O) groups excluding carboxylic acids is 3. The highest BCUT2D eigenvalue weighted by Gasteiger charge is 2.60. The molecule has 0 aliphatic carbocycles. The lowest BCUT2D eigenvalue weighted by Gasteiger charge is -2.21. The molecule has 0 saturated carbocycles. The van der Waals surface area contributed by atoms with Crippen molar-refractivity contribution in [3.05, 3.63) is 30.3 Å². The molecule has 2 fully saturated rings. The van der Waals surface area contributed by atoms with E-state index in [2.05, 4.69) is 6.92 Å². The molecule has 2 aliphatic heterocycles. The first kappa shape index (κ1) is 20.1. The van der Waals surface area contributed by atoms with E-state index >= 15 is 0 Å². The van der Waals surface area contributed by atoms with Crippen molar-refractivity contribution in [1.29, 1.82) is 0 Å². The highest BCUT2D eigenvalue weighted by Crippen LogP contribution is 2.48. The Bertz CT molecular complexity index is 670. The number of ether oxygens (including phenoxy) is 2. The number of carbonyl (C=O) groups is 3. The number of benzene rings is 1. The summed E-state index contributed by atoms with van der Waals surface area (Å²) >= 11 is 1.55. The van der Waals surface area contributed by atoms with Gasteiger partial charge in [0.05, 0.1) is 17.9 Å². The summed E-state index contributed by atoms with van der Waals surface area (Å²) in [5.74, 6) is -0.593. The number of hydrogen-bond acceptors (Lipinski definition) is 6. The van der Waals surface area contributed by atoms with Gasteiger partial charge in [-0.25, -0.2) is 0 Å². The van der Waals surface area contributed by atoms with E-state index in [1.165, 1.54) is 0 Å². The van der Waals surface area contributed by atoms with Gasteiger partial charge in [0, 0.05) is 16.1 Å². The first-order valence-electron chi connectivity index (χ1n) is 9.50. The zero-order valence-electron chi connectivity index (χ0n) is 15.7. The predicted octanol–water partition coefficient (Wildman–Crippen LogP) is 3.44. The van der Waals surface area contributed by atoms with Crippen LogP contribution in [0.1, 0.15) is 39.5 Å². The van der Waals surface area contributed by atoms with Crippen LogP contribution in [0, 0.1) is 11.8 Å². The third kappa shape index (κ3) is 4.61. The second-order valence-electron chi connectivity index (χ2n) is 7.54. The van der Waals surface area contributed by atoms with E-state index in [9.17, 15) is 14.4 Å². The minimum absolute atomic E-state index is 0.0952. The van der Waals surface area contributed by atoms with Crippen molar-refractivity contribution in [2.45, 2.75) is 67.5 Å². The minimum atomic E-state index is -0.649. The second-order valence-corrected chi connectivity index (χ2v) is 8.85. The molecule has 0 amide bonds. The highest BCUT2D eigenvalue weighted by atomic mass is 32.2. The maximum atomic E-state index is 11.6. The summed E-state index contributed by atoms with van der Waals surface area (Å²) in [4.78, 5) is 35.4. The second kappa shape index (κ2) is 8.57. The van der Waals surface area contributed by atoms with Crippen LogP contribution in [0.3, 0.4) is 0 Å². The Morgan fingerprint density at radius 1 is 1.26 bits per heavy atom. The fourth-order valence-corrected chi connectivity index (χ4v) is 5.01. The molecular weight excluding hydrogens is 364 g/mol. The molecule has 2 heterocycles. The van der Waals surface area contributed by atoms with E-state index in [1.807, 2.05) is 37.3 Å². The average Bonchev–Trinajstić information content (AvgIpc) is 3.20. The molecule has 5 nitrogen and oxygen atoms in total. The lowest BCUT2D eigenvalue weighted by Crippen LogP contribution is -2.29. The van der Waals surface area contributed by atoms with Crippen molar-refractivity contribution in [1.82, 2.24) is 0 Å². The van der Waals surface area contributed by atoms with E-state index in [0.717, 1.165) is 23.9 Å². The molecule has 1 aromatic rings. The number of hydrogen-bond donors (Lipinski definition) is 0. The van der Waals surface area contributed by atoms with Crippen LogP contribution in [-0.4, -0.2) is 41.6 Å². The summed E-state index contributed by atoms with van der Waals surface area (Å²) < 4.78 is 11.4. The Morgan fingerprint density at radius 2 is 1.96 bits per heavy atom. The highest BCUT2D eigenvalue weighted by molar-refractivity contribution is 8.00. The number of esters is 1. The van der Waals surface area contributed by atoms with Gasteiger partial charge >= 0.3 is 5.97 Å². The first-order chi connectivity index (χ1) is 13.0. The zero-order valence-corrected chi connectivity index (χ0v) is 16.5. The van der Waals surface area contributed by atoms with E-state index in [0.29, 0.717) is 19.3 Å². The SMILES string of the molecule is CC[C@H]1CC(=O)O[C@@H]1[C@H]1O[C@]1(C)CCC(Sc1ccccc1)C(C=O)C=O. The fourth-order valence-electron chi connectivity index (χ4n) is 3.82. The fraction of sp³-hybridized carbons (Fsp3) is 0.571. The predicted molar refractivity (Wildman–Crippen MR) is 102 cm³/mol. The molecule has 0 N–H and O–H groups in total. The molecule has 146 valence electrons. The summed E-state index contributed by atoms with van der Waals surface area (Å²) in [5.41, 5.74) is -0.367. The Morgan fingerprint density at radius 3 is 2.59 bits per heavy atom. The lowest BCUT2D eigenvalue weighted by atomic mass is 9.88. The molecule has 0 bridgehead atoms. The van der Waals surface area contributed by atoms with Crippen LogP contribution in [0.4, 0.5) is 0 Å². The smallest absolute Gasteiger partial charge is 0.306 e. The summed E-state index contributed by atoms with van der Waals surface area (Å²) in [6.45, 7) is 4.09. The van der Waals surface area contributed by atoms with Crippen molar-refractivity contribution in [2.24, 2.45) is 11.8 Å². The Labute approximate surface area is 164 Å². The van der Waals surface area contributed by atoms with Crippen molar-refractivity contribution in [3.63, 3.8) is 0 Å². The number of cyclic esters (lactones) is 1. The van der Waals surface area contributed by atoms with Crippen LogP contribution in [0.5, 0.6) is 0 Å². The van der Waals surface area contributed by atoms with E-state index in [1.54, 1.807) is 11.8 Å². The van der Waals surface area contributed by atoms with Gasteiger partial charge in [-0.05, 0) is 38.3 Å². The average molecular weight is 391 g/mol. The molecule has 0 radical (unpaired) electrons. The monoisotopic (exact) mass is 390 g/mol. The van der Waals surface area contributed by atoms with Crippen LogP contribution >= 0.6 is 11.8 Å². The van der Waals surface area contributed by atoms with E-state index in [4.69, 9.17) is 9.47 Å². The maximum Gasteiger partial charge on any atom is 0.306 e. The van der Waals surface area contributed by atoms with Gasteiger partial charge in [0.25, 0.3) is 0 Å². The normalized spacial score (nSPS) is 30.8. The first-order valence-corrected chi connectivity index (χ1v) is 10.4. The van der Waals surface area contributed by atoms with Gasteiger partial charge in [-0.3, -0.25) is 4.79 Å². The largest absolute Gasteiger partial charge is 0.459 e. The van der Waals surface area contributed by atoms with Crippen molar-refractivity contribution >= 4 is 30.3 Å². The summed E-state index contributed by atoms with van der Waals surface area (Å²) in [7, 11) is 0. The van der Waals surface area contributed by atoms with Crippen molar-refractivity contribution in [2.75, 3.05) is 0 Å². The molecule has 0 aromatic heterocycles. The van der Waals surface area contributed by atoms with Crippen LogP contribution in [0.15, 0.2) is 35.2 Å². The van der Waals surface area contributed by atoms with Gasteiger partial charge in [-0.1, -0.05) is 25.1 Å². The molecule has 6 heteroatoms. The van der Waals surface area contributed by atoms with Gasteiger partial charge in [0.2, 0.25) is 0 Å². The van der Waals surface area contributed by atoms with Gasteiger partial charge in [-0.15, -0.1) is 11.8 Å². The van der Waals surface area contributed by atoms with Crippen molar-refractivity contribution < 1.29 is 23.9 Å². The minimum Gasteiger partial charge on any atom is -0.459 e. The molecule has 5 atom stereocenters. The molecule has 0 spiro atoms. The number of aldehydes is 2. The molecule has 1 unspecified atom stereocenters. The van der Waals surface area contributed by atoms with Crippen LogP contribution < -0.4 is 0 Å². The van der Waals surface area contributed by atoms with Gasteiger partial charge in [-0.2, -0.15) is 0 Å². The molecule has 1 aromatic carbocycles. The standard InChI is InChI=1S/C21H26O5S/c1-3-14-11-18(24)25-19(14)20-21(2,26-20)10-9-17(15(12-22)13-23)27-16-7-5-4-6-8-16/h4-8,12-15,17,19-20H,3,9-11H2,1-2H3/t14-,17?,19-,20+,21+/m0/s1. The maximum absolute atomic E-state index is 11.6. The lowest BCUT2D eigenvalue weighted by molar-refractivity contribution is -0.142. The summed E-state index contributed by atoms with van der Waals surface area (Å²) in [6, 6.07) is 9.78. The van der Waals surface area contributed by atoms with Gasteiger partial charge < -0.3 is 19.1 Å². The third-order valence-corrected chi connectivity index (χ3v) is 7.02.